The van der Waals surface area contributed by atoms with Crippen molar-refractivity contribution in [2.24, 2.45) is 5.92 Å². The Morgan fingerprint density at radius 3 is 2.55 bits per heavy atom. The maximum atomic E-state index is 11.5. The van der Waals surface area contributed by atoms with E-state index in [1.54, 1.807) is 19.9 Å². The summed E-state index contributed by atoms with van der Waals surface area (Å²) in [5.74, 6) is -1.50. The first-order chi connectivity index (χ1) is 9.19. The standard InChI is InChI=1S/C15H24O5/c1-10(2)13(16)7-5-6-11-8-12(9-14(17)18)20-15(3,4)19-11/h5-6,10-12H,7-9H2,1-4H3,(H,17,18)/b6-5+/t11-,12-/m1/s1. The lowest BCUT2D eigenvalue weighted by atomic mass is 10.0. The third-order valence-electron chi connectivity index (χ3n) is 3.10. The normalized spacial score (nSPS) is 26.1. The predicted octanol–water partition coefficient (Wildman–Crippen LogP) is 2.54. The number of ketones is 1. The van der Waals surface area contributed by atoms with Gasteiger partial charge in [-0.2, -0.15) is 0 Å². The molecule has 2 atom stereocenters. The molecule has 0 aromatic heterocycles. The Morgan fingerprint density at radius 2 is 2.00 bits per heavy atom. The summed E-state index contributed by atoms with van der Waals surface area (Å²) < 4.78 is 11.3. The average Bonchev–Trinajstić information content (AvgIpc) is 2.25. The summed E-state index contributed by atoms with van der Waals surface area (Å²) >= 11 is 0. The molecule has 1 aliphatic rings. The Labute approximate surface area is 119 Å². The van der Waals surface area contributed by atoms with E-state index >= 15 is 0 Å². The van der Waals surface area contributed by atoms with Gasteiger partial charge in [-0.05, 0) is 13.8 Å². The number of allylic oxidation sites excluding steroid dienone is 1. The van der Waals surface area contributed by atoms with Crippen molar-refractivity contribution in [1.82, 2.24) is 0 Å². The van der Waals surface area contributed by atoms with Crippen LogP contribution in [0.4, 0.5) is 0 Å². The molecule has 5 heteroatoms. The van der Waals surface area contributed by atoms with Crippen LogP contribution in [0.5, 0.6) is 0 Å². The Kier molecular flexibility index (Phi) is 5.89. The monoisotopic (exact) mass is 284 g/mol. The lowest BCUT2D eigenvalue weighted by Gasteiger charge is -2.39. The maximum Gasteiger partial charge on any atom is 0.305 e. The SMILES string of the molecule is CC(C)C(=O)C/C=C/[C@@H]1C[C@H](CC(=O)O)OC(C)(C)O1. The number of rotatable bonds is 6. The van der Waals surface area contributed by atoms with Gasteiger partial charge in [0.05, 0.1) is 18.6 Å². The van der Waals surface area contributed by atoms with Crippen molar-refractivity contribution >= 4 is 11.8 Å². The van der Waals surface area contributed by atoms with Gasteiger partial charge in [-0.15, -0.1) is 0 Å². The van der Waals surface area contributed by atoms with E-state index in [4.69, 9.17) is 14.6 Å². The van der Waals surface area contributed by atoms with E-state index in [-0.39, 0.29) is 30.3 Å². The Hall–Kier alpha value is -1.20. The van der Waals surface area contributed by atoms with Gasteiger partial charge in [0.15, 0.2) is 5.79 Å². The molecule has 1 rings (SSSR count). The molecule has 0 aliphatic carbocycles. The van der Waals surface area contributed by atoms with E-state index in [2.05, 4.69) is 0 Å². The van der Waals surface area contributed by atoms with Crippen LogP contribution in [0, 0.1) is 5.92 Å². The molecule has 0 aromatic carbocycles. The second-order valence-electron chi connectivity index (χ2n) is 5.88. The molecule has 1 aliphatic heterocycles. The van der Waals surface area contributed by atoms with Gasteiger partial charge in [0, 0.05) is 18.8 Å². The Morgan fingerprint density at radius 1 is 1.35 bits per heavy atom. The van der Waals surface area contributed by atoms with E-state index in [0.717, 1.165) is 0 Å². The predicted molar refractivity (Wildman–Crippen MR) is 74.3 cm³/mol. The van der Waals surface area contributed by atoms with E-state index in [0.29, 0.717) is 12.8 Å². The smallest absolute Gasteiger partial charge is 0.305 e. The van der Waals surface area contributed by atoms with Crippen molar-refractivity contribution in [3.63, 3.8) is 0 Å². The molecule has 1 fully saturated rings. The van der Waals surface area contributed by atoms with Crippen LogP contribution in [0.2, 0.25) is 0 Å². The van der Waals surface area contributed by atoms with Crippen molar-refractivity contribution in [2.45, 2.75) is 65.0 Å². The molecule has 1 heterocycles. The number of carbonyl (C=O) groups is 2. The molecule has 5 nitrogen and oxygen atoms in total. The van der Waals surface area contributed by atoms with Gasteiger partial charge in [-0.3, -0.25) is 9.59 Å². The molecule has 0 saturated carbocycles. The number of hydrogen-bond donors (Lipinski definition) is 1. The van der Waals surface area contributed by atoms with Crippen LogP contribution in [0.15, 0.2) is 12.2 Å². The van der Waals surface area contributed by atoms with Gasteiger partial charge in [0.1, 0.15) is 5.78 Å². The highest BCUT2D eigenvalue weighted by atomic mass is 16.7. The summed E-state index contributed by atoms with van der Waals surface area (Å²) in [6, 6.07) is 0. The zero-order valence-corrected chi connectivity index (χ0v) is 12.6. The van der Waals surface area contributed by atoms with E-state index in [1.165, 1.54) is 0 Å². The minimum absolute atomic E-state index is 0.0199. The molecule has 0 unspecified atom stereocenters. The fraction of sp³-hybridized carbons (Fsp3) is 0.733. The average molecular weight is 284 g/mol. The van der Waals surface area contributed by atoms with Gasteiger partial charge >= 0.3 is 5.97 Å². The summed E-state index contributed by atoms with van der Waals surface area (Å²) in [6.07, 6.45) is 3.87. The molecule has 0 aromatic rings. The van der Waals surface area contributed by atoms with Crippen molar-refractivity contribution in [3.8, 4) is 0 Å². The largest absolute Gasteiger partial charge is 0.481 e. The topological polar surface area (TPSA) is 72.8 Å². The molecule has 20 heavy (non-hydrogen) atoms. The van der Waals surface area contributed by atoms with Crippen LogP contribution >= 0.6 is 0 Å². The van der Waals surface area contributed by atoms with Crippen molar-refractivity contribution in [1.29, 1.82) is 0 Å². The molecule has 0 spiro atoms. The molecule has 114 valence electrons. The number of carboxylic acid groups (broad SMARTS) is 1. The summed E-state index contributed by atoms with van der Waals surface area (Å²) in [5, 5.41) is 8.85. The zero-order valence-electron chi connectivity index (χ0n) is 12.6. The van der Waals surface area contributed by atoms with Crippen LogP contribution in [0.3, 0.4) is 0 Å². The van der Waals surface area contributed by atoms with E-state index in [9.17, 15) is 9.59 Å². The fourth-order valence-electron chi connectivity index (χ4n) is 2.16. The first kappa shape index (κ1) is 16.9. The number of ether oxygens (including phenoxy) is 2. The Balaban J connectivity index is 2.58. The lowest BCUT2D eigenvalue weighted by Crippen LogP contribution is -2.44. The zero-order chi connectivity index (χ0) is 15.3. The van der Waals surface area contributed by atoms with E-state index < -0.39 is 11.8 Å². The number of hydrogen-bond acceptors (Lipinski definition) is 4. The third-order valence-corrected chi connectivity index (χ3v) is 3.10. The number of carboxylic acids is 1. The van der Waals surface area contributed by atoms with Crippen molar-refractivity contribution in [3.05, 3.63) is 12.2 Å². The van der Waals surface area contributed by atoms with Crippen molar-refractivity contribution in [2.75, 3.05) is 0 Å². The van der Waals surface area contributed by atoms with Gasteiger partial charge in [0.25, 0.3) is 0 Å². The third kappa shape index (κ3) is 5.84. The minimum atomic E-state index is -0.884. The summed E-state index contributed by atoms with van der Waals surface area (Å²) in [6.45, 7) is 7.27. The second kappa shape index (κ2) is 6.99. The molecular formula is C15H24O5. The van der Waals surface area contributed by atoms with Gasteiger partial charge in [-0.1, -0.05) is 26.0 Å². The van der Waals surface area contributed by atoms with E-state index in [1.807, 2.05) is 19.9 Å². The first-order valence-electron chi connectivity index (χ1n) is 6.96. The van der Waals surface area contributed by atoms with Gasteiger partial charge in [-0.25, -0.2) is 0 Å². The molecular weight excluding hydrogens is 260 g/mol. The highest BCUT2D eigenvalue weighted by Gasteiger charge is 2.35. The highest BCUT2D eigenvalue weighted by Crippen LogP contribution is 2.29. The molecule has 0 bridgehead atoms. The van der Waals surface area contributed by atoms with Crippen LogP contribution in [-0.2, 0) is 19.1 Å². The maximum absolute atomic E-state index is 11.5. The van der Waals surface area contributed by atoms with Gasteiger partial charge < -0.3 is 14.6 Å². The molecule has 1 N–H and O–H groups in total. The Bertz CT molecular complexity index is 384. The fourth-order valence-corrected chi connectivity index (χ4v) is 2.16. The summed E-state index contributed by atoms with van der Waals surface area (Å²) in [5.41, 5.74) is 0. The van der Waals surface area contributed by atoms with Crippen LogP contribution in [0.1, 0.15) is 47.0 Å². The molecule has 0 radical (unpaired) electrons. The van der Waals surface area contributed by atoms with Crippen LogP contribution in [0.25, 0.3) is 0 Å². The summed E-state index contributed by atoms with van der Waals surface area (Å²) in [7, 11) is 0. The number of Topliss-reactive ketones (excluding diaryl/α,β-unsaturated/α-hetero) is 1. The van der Waals surface area contributed by atoms with Crippen LogP contribution in [-0.4, -0.2) is 34.9 Å². The molecule has 0 amide bonds. The molecule has 1 saturated heterocycles. The second-order valence-corrected chi connectivity index (χ2v) is 5.88. The van der Waals surface area contributed by atoms with Crippen LogP contribution < -0.4 is 0 Å². The quantitative estimate of drug-likeness (QED) is 0.759. The number of carbonyl (C=O) groups excluding carboxylic acids is 1. The minimum Gasteiger partial charge on any atom is -0.481 e. The lowest BCUT2D eigenvalue weighted by molar-refractivity contribution is -0.290. The summed E-state index contributed by atoms with van der Waals surface area (Å²) in [4.78, 5) is 22.3. The van der Waals surface area contributed by atoms with Crippen molar-refractivity contribution < 1.29 is 24.2 Å². The highest BCUT2D eigenvalue weighted by molar-refractivity contribution is 5.81. The number of aliphatic carboxylic acids is 1. The van der Waals surface area contributed by atoms with Gasteiger partial charge in [0.2, 0.25) is 0 Å². The first-order valence-corrected chi connectivity index (χ1v) is 6.96.